The van der Waals surface area contributed by atoms with E-state index in [1.807, 2.05) is 31.1 Å². The molecule has 4 rings (SSSR count). The summed E-state index contributed by atoms with van der Waals surface area (Å²) in [4.78, 5) is 20.4. The molecule has 2 aromatic rings. The van der Waals surface area contributed by atoms with Gasteiger partial charge in [0.25, 0.3) is 0 Å². The molecule has 2 aliphatic rings. The summed E-state index contributed by atoms with van der Waals surface area (Å²) in [5.74, 6) is 0.855. The summed E-state index contributed by atoms with van der Waals surface area (Å²) in [7, 11) is 0. The van der Waals surface area contributed by atoms with E-state index in [0.717, 1.165) is 44.2 Å². The summed E-state index contributed by atoms with van der Waals surface area (Å²) in [5.41, 5.74) is 1.89. The predicted molar refractivity (Wildman–Crippen MR) is 123 cm³/mol. The Bertz CT molecular complexity index is 884. The van der Waals surface area contributed by atoms with Crippen LogP contribution in [0.5, 0.6) is 11.5 Å². The number of benzene rings is 2. The lowest BCUT2D eigenvalue weighted by Crippen LogP contribution is -2.43. The molecule has 0 amide bonds. The quantitative estimate of drug-likeness (QED) is 0.394. The smallest absolute Gasteiger partial charge is 0.343 e. The minimum Gasteiger partial charge on any atom is -0.494 e. The fraction of sp³-hybridized carbons (Fsp3) is 0.462. The van der Waals surface area contributed by atoms with Crippen LogP contribution in [0.15, 0.2) is 48.5 Å². The number of carbonyl (C=O) groups is 2. The van der Waals surface area contributed by atoms with Crippen molar-refractivity contribution in [1.82, 2.24) is 0 Å². The molecule has 7 nitrogen and oxygen atoms in total. The molecule has 2 aliphatic heterocycles. The van der Waals surface area contributed by atoms with Gasteiger partial charge in [-0.15, -0.1) is 0 Å². The highest BCUT2D eigenvalue weighted by atomic mass is 16.5. The highest BCUT2D eigenvalue weighted by Crippen LogP contribution is 2.30. The topological polar surface area (TPSA) is 80.3 Å². The second kappa shape index (κ2) is 11.4. The predicted octanol–water partition coefficient (Wildman–Crippen LogP) is 4.08. The molecule has 7 heteroatoms. The van der Waals surface area contributed by atoms with Crippen molar-refractivity contribution in [3.8, 4) is 11.5 Å². The first-order chi connectivity index (χ1) is 15.9. The molecule has 0 N–H and O–H groups in total. The third kappa shape index (κ3) is 7.12. The number of esters is 1. The van der Waals surface area contributed by atoms with E-state index in [0.29, 0.717) is 31.1 Å². The average molecular weight is 457 g/mol. The van der Waals surface area contributed by atoms with E-state index in [9.17, 15) is 4.79 Å². The maximum atomic E-state index is 12.4. The average Bonchev–Trinajstić information content (AvgIpc) is 2.80. The van der Waals surface area contributed by atoms with Crippen LogP contribution in [-0.2, 0) is 25.6 Å². The van der Waals surface area contributed by atoms with Crippen LogP contribution < -0.4 is 9.47 Å². The molecule has 0 saturated carbocycles. The van der Waals surface area contributed by atoms with Crippen LogP contribution in [0.25, 0.3) is 0 Å². The van der Waals surface area contributed by atoms with Crippen molar-refractivity contribution in [2.45, 2.75) is 26.9 Å². The maximum Gasteiger partial charge on any atom is 0.343 e. The molecule has 0 radical (unpaired) electrons. The van der Waals surface area contributed by atoms with Crippen molar-refractivity contribution in [2.24, 2.45) is 10.8 Å². The van der Waals surface area contributed by atoms with Crippen LogP contribution in [-0.4, -0.2) is 52.4 Å². The van der Waals surface area contributed by atoms with Crippen molar-refractivity contribution in [2.75, 3.05) is 39.6 Å². The first kappa shape index (κ1) is 24.9. The van der Waals surface area contributed by atoms with E-state index in [1.165, 1.54) is 0 Å². The van der Waals surface area contributed by atoms with E-state index >= 15 is 0 Å². The Morgan fingerprint density at radius 2 is 1.45 bits per heavy atom. The molecule has 2 heterocycles. The van der Waals surface area contributed by atoms with Crippen LogP contribution >= 0.6 is 0 Å². The molecule has 0 unspecified atom stereocenters. The zero-order chi connectivity index (χ0) is 23.7. The molecular formula is C26H32O7. The molecular weight excluding hydrogens is 424 g/mol. The van der Waals surface area contributed by atoms with Crippen molar-refractivity contribution in [3.63, 3.8) is 0 Å². The first-order valence-electron chi connectivity index (χ1n) is 11.0. The van der Waals surface area contributed by atoms with Gasteiger partial charge in [0.2, 0.25) is 0 Å². The second-order valence-electron chi connectivity index (χ2n) is 9.26. The van der Waals surface area contributed by atoms with Crippen LogP contribution in [0.2, 0.25) is 0 Å². The van der Waals surface area contributed by atoms with Crippen LogP contribution in [0, 0.1) is 10.8 Å². The second-order valence-corrected chi connectivity index (χ2v) is 9.26. The van der Waals surface area contributed by atoms with Crippen molar-refractivity contribution >= 4 is 12.8 Å². The van der Waals surface area contributed by atoms with Gasteiger partial charge in [-0.1, -0.05) is 26.0 Å². The molecule has 0 bridgehead atoms. The summed E-state index contributed by atoms with van der Waals surface area (Å²) in [6, 6.07) is 14.4. The largest absolute Gasteiger partial charge is 0.494 e. The zero-order valence-electron chi connectivity index (χ0n) is 19.3. The van der Waals surface area contributed by atoms with Crippen molar-refractivity contribution in [3.05, 3.63) is 59.7 Å². The lowest BCUT2D eigenvalue weighted by Gasteiger charge is -2.37. The summed E-state index contributed by atoms with van der Waals surface area (Å²) < 4.78 is 27.5. The minimum atomic E-state index is -0.391. The Balaban J connectivity index is 0.00000149. The van der Waals surface area contributed by atoms with Crippen molar-refractivity contribution < 1.29 is 33.3 Å². The monoisotopic (exact) mass is 456 g/mol. The Morgan fingerprint density at radius 3 is 2.00 bits per heavy atom. The number of rotatable bonds is 10. The number of ether oxygens (including phenoxy) is 5. The summed E-state index contributed by atoms with van der Waals surface area (Å²) in [6.45, 7) is 11.3. The molecule has 33 heavy (non-hydrogen) atoms. The van der Waals surface area contributed by atoms with Gasteiger partial charge in [-0.2, -0.15) is 0 Å². The number of hydrogen-bond acceptors (Lipinski definition) is 7. The van der Waals surface area contributed by atoms with Crippen LogP contribution in [0.3, 0.4) is 0 Å². The third-order valence-corrected chi connectivity index (χ3v) is 5.72. The Labute approximate surface area is 194 Å². The summed E-state index contributed by atoms with van der Waals surface area (Å²) in [6.07, 6.45) is 0.957. The van der Waals surface area contributed by atoms with Gasteiger partial charge in [0, 0.05) is 10.8 Å². The van der Waals surface area contributed by atoms with Gasteiger partial charge in [0.1, 0.15) is 18.3 Å². The van der Waals surface area contributed by atoms with Gasteiger partial charge < -0.3 is 28.5 Å². The van der Waals surface area contributed by atoms with Crippen LogP contribution in [0.1, 0.15) is 36.2 Å². The zero-order valence-corrected chi connectivity index (χ0v) is 19.3. The van der Waals surface area contributed by atoms with Gasteiger partial charge in [-0.25, -0.2) is 4.79 Å². The Hall–Kier alpha value is -2.74. The SMILES string of the molecule is C=O.CC1(CCOc2ccc(OC(=O)c3ccc(COCC4(C)COC4)cc3)cc2)COC1. The molecule has 178 valence electrons. The van der Waals surface area contributed by atoms with Gasteiger partial charge in [0.05, 0.1) is 51.8 Å². The van der Waals surface area contributed by atoms with E-state index < -0.39 is 5.97 Å². The highest BCUT2D eigenvalue weighted by Gasteiger charge is 2.34. The highest BCUT2D eigenvalue weighted by molar-refractivity contribution is 5.91. The number of hydrogen-bond donors (Lipinski definition) is 0. The minimum absolute atomic E-state index is 0.133. The Kier molecular flexibility index (Phi) is 8.61. The molecule has 0 spiro atoms. The lowest BCUT2D eigenvalue weighted by molar-refractivity contribution is -0.140. The van der Waals surface area contributed by atoms with Gasteiger partial charge in [-0.05, 0) is 48.4 Å². The van der Waals surface area contributed by atoms with Gasteiger partial charge in [-0.3, -0.25) is 0 Å². The lowest BCUT2D eigenvalue weighted by atomic mass is 9.85. The van der Waals surface area contributed by atoms with Crippen molar-refractivity contribution in [1.29, 1.82) is 0 Å². The van der Waals surface area contributed by atoms with Gasteiger partial charge in [0.15, 0.2) is 0 Å². The van der Waals surface area contributed by atoms with E-state index in [4.69, 9.17) is 28.5 Å². The fourth-order valence-corrected chi connectivity index (χ4v) is 3.47. The first-order valence-corrected chi connectivity index (χ1v) is 11.0. The number of carbonyl (C=O) groups excluding carboxylic acids is 2. The molecule has 0 aromatic heterocycles. The standard InChI is InChI=1S/C25H30O6.CH2O/c1-24(14-28-15-24)11-12-30-21-7-9-22(10-8-21)31-23(26)20-5-3-19(4-6-20)13-27-16-25(2)17-29-18-25;1-2/h3-10H,11-18H2,1-2H3;1H2. The molecule has 2 saturated heterocycles. The molecule has 2 aromatic carbocycles. The van der Waals surface area contributed by atoms with Gasteiger partial charge >= 0.3 is 5.97 Å². The third-order valence-electron chi connectivity index (χ3n) is 5.72. The maximum absolute atomic E-state index is 12.4. The molecule has 0 aliphatic carbocycles. The van der Waals surface area contributed by atoms with E-state index in [1.54, 1.807) is 24.3 Å². The van der Waals surface area contributed by atoms with E-state index in [2.05, 4.69) is 13.8 Å². The van der Waals surface area contributed by atoms with Crippen LogP contribution in [0.4, 0.5) is 0 Å². The molecule has 0 atom stereocenters. The molecule has 2 fully saturated rings. The van der Waals surface area contributed by atoms with E-state index in [-0.39, 0.29) is 10.8 Å². The Morgan fingerprint density at radius 1 is 0.879 bits per heavy atom. The summed E-state index contributed by atoms with van der Waals surface area (Å²) >= 11 is 0. The summed E-state index contributed by atoms with van der Waals surface area (Å²) in [5, 5.41) is 0. The fourth-order valence-electron chi connectivity index (χ4n) is 3.47. The normalized spacial score (nSPS) is 17.5.